The molecule has 18 heavy (non-hydrogen) atoms. The van der Waals surface area contributed by atoms with Crippen LogP contribution in [0.1, 0.15) is 24.1 Å². The van der Waals surface area contributed by atoms with Gasteiger partial charge in [-0.2, -0.15) is 0 Å². The van der Waals surface area contributed by atoms with Crippen LogP contribution in [-0.4, -0.2) is 22.6 Å². The Morgan fingerprint density at radius 1 is 1.44 bits per heavy atom. The van der Waals surface area contributed by atoms with Crippen molar-refractivity contribution in [2.75, 3.05) is 6.61 Å². The minimum absolute atomic E-state index is 0.108. The molecule has 1 rings (SSSR count). The summed E-state index contributed by atoms with van der Waals surface area (Å²) >= 11 is 0. The van der Waals surface area contributed by atoms with Gasteiger partial charge >= 0.3 is 13.6 Å². The van der Waals surface area contributed by atoms with E-state index in [-0.39, 0.29) is 12.8 Å². The highest BCUT2D eigenvalue weighted by molar-refractivity contribution is 7.51. The fourth-order valence-corrected chi connectivity index (χ4v) is 2.62. The highest BCUT2D eigenvalue weighted by atomic mass is 31.2. The maximum Gasteiger partial charge on any atom is 0.332 e. The van der Waals surface area contributed by atoms with Gasteiger partial charge in [-0.15, -0.1) is 0 Å². The lowest BCUT2D eigenvalue weighted by atomic mass is 10.1. The van der Waals surface area contributed by atoms with Crippen LogP contribution in [0.5, 0.6) is 0 Å². The number of carboxylic acids is 1. The highest BCUT2D eigenvalue weighted by Gasteiger charge is 2.20. The number of carboxylic acid groups (broad SMARTS) is 1. The normalized spacial score (nSPS) is 15.9. The molecule has 0 radical (unpaired) electrons. The highest BCUT2D eigenvalue weighted by Crippen LogP contribution is 2.45. The molecule has 0 aliphatic heterocycles. The quantitative estimate of drug-likeness (QED) is 0.677. The van der Waals surface area contributed by atoms with Crippen molar-refractivity contribution < 1.29 is 23.9 Å². The molecule has 0 aromatic heterocycles. The van der Waals surface area contributed by atoms with Gasteiger partial charge in [0.05, 0.1) is 12.8 Å². The topological polar surface area (TPSA) is 110 Å². The average Bonchev–Trinajstić information content (AvgIpc) is 2.28. The Kier molecular flexibility index (Phi) is 5.04. The SMILES string of the molecule is CCOP(=O)(O)Cc1ccc(C(N)C(=O)O)cc1. The Morgan fingerprint density at radius 3 is 2.44 bits per heavy atom. The molecule has 0 saturated carbocycles. The molecule has 4 N–H and O–H groups in total. The summed E-state index contributed by atoms with van der Waals surface area (Å²) in [6.07, 6.45) is -0.108. The standard InChI is InChI=1S/C11H16NO5P/c1-2-17-18(15,16)7-8-3-5-9(6-4-8)10(12)11(13)14/h3-6,10H,2,7,12H2,1H3,(H,13,14)(H,15,16). The first-order valence-corrected chi connectivity index (χ1v) is 7.15. The third kappa shape index (κ3) is 4.23. The maximum absolute atomic E-state index is 11.5. The van der Waals surface area contributed by atoms with Crippen LogP contribution in [0.4, 0.5) is 0 Å². The molecular formula is C11H16NO5P. The van der Waals surface area contributed by atoms with Crippen molar-refractivity contribution in [1.29, 1.82) is 0 Å². The Morgan fingerprint density at radius 2 is 2.00 bits per heavy atom. The number of hydrogen-bond acceptors (Lipinski definition) is 4. The molecule has 1 aromatic rings. The Hall–Kier alpha value is -1.20. The van der Waals surface area contributed by atoms with E-state index in [2.05, 4.69) is 0 Å². The summed E-state index contributed by atoms with van der Waals surface area (Å²) in [5, 5.41) is 8.73. The van der Waals surface area contributed by atoms with Crippen molar-refractivity contribution in [3.8, 4) is 0 Å². The molecular weight excluding hydrogens is 257 g/mol. The number of benzene rings is 1. The van der Waals surface area contributed by atoms with Gasteiger partial charge in [0, 0.05) is 0 Å². The fraction of sp³-hybridized carbons (Fsp3) is 0.364. The molecule has 0 aliphatic carbocycles. The van der Waals surface area contributed by atoms with Crippen LogP contribution < -0.4 is 5.73 Å². The molecule has 0 fully saturated rings. The summed E-state index contributed by atoms with van der Waals surface area (Å²) in [6, 6.07) is 5.10. The lowest BCUT2D eigenvalue weighted by molar-refractivity contribution is -0.138. The van der Waals surface area contributed by atoms with Gasteiger partial charge in [0.15, 0.2) is 0 Å². The maximum atomic E-state index is 11.5. The van der Waals surface area contributed by atoms with E-state index in [1.165, 1.54) is 12.1 Å². The van der Waals surface area contributed by atoms with Gasteiger partial charge in [0.1, 0.15) is 6.04 Å². The van der Waals surface area contributed by atoms with Crippen LogP contribution in [0.3, 0.4) is 0 Å². The molecule has 1 aromatic carbocycles. The van der Waals surface area contributed by atoms with Gasteiger partial charge in [-0.25, -0.2) is 0 Å². The van der Waals surface area contributed by atoms with Crippen LogP contribution in [0.25, 0.3) is 0 Å². The summed E-state index contributed by atoms with van der Waals surface area (Å²) in [5.74, 6) is -1.12. The van der Waals surface area contributed by atoms with Crippen molar-refractivity contribution >= 4 is 13.6 Å². The monoisotopic (exact) mass is 273 g/mol. The molecule has 0 heterocycles. The first kappa shape index (κ1) is 14.9. The van der Waals surface area contributed by atoms with E-state index in [0.29, 0.717) is 11.1 Å². The van der Waals surface area contributed by atoms with E-state index in [9.17, 15) is 14.3 Å². The van der Waals surface area contributed by atoms with Crippen molar-refractivity contribution in [1.82, 2.24) is 0 Å². The van der Waals surface area contributed by atoms with Gasteiger partial charge in [-0.1, -0.05) is 24.3 Å². The zero-order valence-corrected chi connectivity index (χ0v) is 10.8. The predicted octanol–water partition coefficient (Wildman–Crippen LogP) is 1.49. The molecule has 7 heteroatoms. The van der Waals surface area contributed by atoms with Crippen LogP contribution in [0.15, 0.2) is 24.3 Å². The summed E-state index contributed by atoms with van der Waals surface area (Å²) in [7, 11) is -3.62. The molecule has 0 spiro atoms. The van der Waals surface area contributed by atoms with Crippen LogP contribution in [0, 0.1) is 0 Å². The lowest BCUT2D eigenvalue weighted by Crippen LogP contribution is -2.20. The zero-order valence-electron chi connectivity index (χ0n) is 9.94. The zero-order chi connectivity index (χ0) is 13.8. The summed E-state index contributed by atoms with van der Waals surface area (Å²) in [5.41, 5.74) is 6.47. The smallest absolute Gasteiger partial charge is 0.332 e. The summed E-state index contributed by atoms with van der Waals surface area (Å²) in [6.45, 7) is 1.80. The van der Waals surface area contributed by atoms with Gasteiger partial charge in [0.2, 0.25) is 0 Å². The average molecular weight is 273 g/mol. The lowest BCUT2D eigenvalue weighted by Gasteiger charge is -2.12. The minimum atomic E-state index is -3.62. The summed E-state index contributed by atoms with van der Waals surface area (Å²) in [4.78, 5) is 20.1. The molecule has 100 valence electrons. The third-order valence-corrected chi connectivity index (χ3v) is 3.74. The van der Waals surface area contributed by atoms with E-state index in [1.54, 1.807) is 19.1 Å². The van der Waals surface area contributed by atoms with Crippen LogP contribution >= 0.6 is 7.60 Å². The van der Waals surface area contributed by atoms with Crippen molar-refractivity contribution in [2.24, 2.45) is 5.73 Å². The van der Waals surface area contributed by atoms with Gasteiger partial charge in [0.25, 0.3) is 0 Å². The summed E-state index contributed by atoms with van der Waals surface area (Å²) < 4.78 is 16.3. The number of nitrogens with two attached hydrogens (primary N) is 1. The van der Waals surface area contributed by atoms with E-state index < -0.39 is 19.6 Å². The molecule has 0 saturated heterocycles. The number of carbonyl (C=O) groups is 1. The second-order valence-corrected chi connectivity index (χ2v) is 5.62. The largest absolute Gasteiger partial charge is 0.480 e. The molecule has 6 nitrogen and oxygen atoms in total. The van der Waals surface area contributed by atoms with Gasteiger partial charge < -0.3 is 20.3 Å². The van der Waals surface area contributed by atoms with Crippen molar-refractivity contribution in [3.63, 3.8) is 0 Å². The van der Waals surface area contributed by atoms with E-state index >= 15 is 0 Å². The van der Waals surface area contributed by atoms with Crippen LogP contribution in [0.2, 0.25) is 0 Å². The molecule has 2 atom stereocenters. The second-order valence-electron chi connectivity index (χ2n) is 3.77. The number of rotatable bonds is 6. The van der Waals surface area contributed by atoms with E-state index in [0.717, 1.165) is 0 Å². The van der Waals surface area contributed by atoms with Crippen LogP contribution in [-0.2, 0) is 20.0 Å². The molecule has 0 amide bonds. The van der Waals surface area contributed by atoms with Crippen molar-refractivity contribution in [2.45, 2.75) is 19.1 Å². The van der Waals surface area contributed by atoms with Gasteiger partial charge in [-0.05, 0) is 18.1 Å². The fourth-order valence-electron chi connectivity index (χ4n) is 1.45. The second kappa shape index (κ2) is 6.11. The first-order chi connectivity index (χ1) is 8.35. The third-order valence-electron chi connectivity index (χ3n) is 2.32. The predicted molar refractivity (Wildman–Crippen MR) is 66.2 cm³/mol. The first-order valence-electron chi connectivity index (χ1n) is 5.39. The van der Waals surface area contributed by atoms with E-state index in [1.807, 2.05) is 0 Å². The molecule has 2 unspecified atom stereocenters. The number of aliphatic carboxylic acids is 1. The van der Waals surface area contributed by atoms with Crippen molar-refractivity contribution in [3.05, 3.63) is 35.4 Å². The van der Waals surface area contributed by atoms with Gasteiger partial charge in [-0.3, -0.25) is 9.36 Å². The number of hydrogen-bond donors (Lipinski definition) is 3. The Balaban J connectivity index is 2.78. The Labute approximate surface area is 105 Å². The Bertz CT molecular complexity index is 459. The minimum Gasteiger partial charge on any atom is -0.480 e. The molecule has 0 bridgehead atoms. The van der Waals surface area contributed by atoms with E-state index in [4.69, 9.17) is 15.4 Å². The molecule has 0 aliphatic rings.